The summed E-state index contributed by atoms with van der Waals surface area (Å²) in [5, 5.41) is 1.17. The lowest BCUT2D eigenvalue weighted by Gasteiger charge is -2.34. The van der Waals surface area contributed by atoms with E-state index < -0.39 is 5.41 Å². The van der Waals surface area contributed by atoms with Gasteiger partial charge in [0, 0.05) is 38.5 Å². The van der Waals surface area contributed by atoms with E-state index >= 15 is 0 Å². The Balaban J connectivity index is 1.14. The fraction of sp³-hybridized carbons (Fsp3) is 0.0175. The summed E-state index contributed by atoms with van der Waals surface area (Å²) in [7, 11) is 0. The third-order valence-electron chi connectivity index (χ3n) is 12.3. The lowest BCUT2D eigenvalue weighted by atomic mass is 9.67. The minimum absolute atomic E-state index is 0.539. The minimum Gasteiger partial charge on any atom is -0.255 e. The van der Waals surface area contributed by atoms with Crippen LogP contribution in [0.1, 0.15) is 22.3 Å². The van der Waals surface area contributed by atoms with Crippen molar-refractivity contribution < 1.29 is 0 Å². The molecule has 0 saturated heterocycles. The van der Waals surface area contributed by atoms with Crippen LogP contribution < -0.4 is 0 Å². The molecule has 0 fully saturated rings. The third-order valence-corrected chi connectivity index (χ3v) is 13.5. The summed E-state index contributed by atoms with van der Waals surface area (Å²) in [6.07, 6.45) is 1.93. The quantitative estimate of drug-likeness (QED) is 0.161. The van der Waals surface area contributed by atoms with Crippen molar-refractivity contribution in [2.75, 3.05) is 0 Å². The summed E-state index contributed by atoms with van der Waals surface area (Å²) < 4.78 is 2.38. The maximum Gasteiger partial charge on any atom is 0.164 e. The first-order valence-electron chi connectivity index (χ1n) is 20.9. The number of thiophene rings is 1. The van der Waals surface area contributed by atoms with Crippen LogP contribution in [0.3, 0.4) is 0 Å². The Hall–Kier alpha value is -7.86. The SMILES string of the molecule is c1ccc(-c2nc(-c3ccccc3)nc(-c3cc(-c4ccnc5c4sc4ccccc45)ccc3-c3ccc4c(c3)C(c3ccccc3)(c3ccccc3)c3ccccc3-4)n2)cc1. The number of rotatable bonds is 7. The molecule has 290 valence electrons. The predicted octanol–water partition coefficient (Wildman–Crippen LogP) is 14.3. The molecule has 0 spiro atoms. The van der Waals surface area contributed by atoms with Crippen molar-refractivity contribution in [1.29, 1.82) is 0 Å². The Bertz CT molecular complexity index is 3360. The van der Waals surface area contributed by atoms with Gasteiger partial charge in [0.2, 0.25) is 0 Å². The van der Waals surface area contributed by atoms with Gasteiger partial charge in [-0.15, -0.1) is 11.3 Å². The van der Waals surface area contributed by atoms with Crippen molar-refractivity contribution in [1.82, 2.24) is 19.9 Å². The Labute approximate surface area is 363 Å². The molecule has 1 aliphatic rings. The highest BCUT2D eigenvalue weighted by Gasteiger charge is 2.46. The smallest absolute Gasteiger partial charge is 0.164 e. The molecule has 1 aliphatic carbocycles. The highest BCUT2D eigenvalue weighted by molar-refractivity contribution is 7.26. The second-order valence-electron chi connectivity index (χ2n) is 15.7. The fourth-order valence-electron chi connectivity index (χ4n) is 9.52. The molecule has 3 aromatic heterocycles. The Kier molecular flexibility index (Phi) is 8.54. The van der Waals surface area contributed by atoms with Crippen LogP contribution in [0.4, 0.5) is 0 Å². The molecule has 12 rings (SSSR count). The predicted molar refractivity (Wildman–Crippen MR) is 255 cm³/mol. The van der Waals surface area contributed by atoms with Gasteiger partial charge in [-0.25, -0.2) is 15.0 Å². The van der Waals surface area contributed by atoms with Gasteiger partial charge in [0.05, 0.1) is 15.6 Å². The molecule has 8 aromatic carbocycles. The van der Waals surface area contributed by atoms with Crippen molar-refractivity contribution in [2.45, 2.75) is 5.41 Å². The van der Waals surface area contributed by atoms with Gasteiger partial charge >= 0.3 is 0 Å². The second kappa shape index (κ2) is 14.7. The van der Waals surface area contributed by atoms with E-state index in [1.807, 2.05) is 42.6 Å². The fourth-order valence-corrected chi connectivity index (χ4v) is 10.7. The zero-order valence-electron chi connectivity index (χ0n) is 33.5. The van der Waals surface area contributed by atoms with E-state index in [1.165, 1.54) is 43.5 Å². The van der Waals surface area contributed by atoms with Gasteiger partial charge in [-0.2, -0.15) is 0 Å². The first kappa shape index (κ1) is 36.0. The summed E-state index contributed by atoms with van der Waals surface area (Å²) in [5.41, 5.74) is 15.0. The van der Waals surface area contributed by atoms with Crippen LogP contribution in [0, 0.1) is 0 Å². The standard InChI is InChI=1S/C57H36N4S/c1-5-17-37(18-6-1)54-59-55(38-19-7-2-8-20-38)61-56(60-54)48-35-39(44-33-34-58-52-47-26-14-16-28-51(47)62-53(44)52)29-31-43(48)40-30-32-46-45-25-13-15-27-49(45)57(50(46)36-40,41-21-9-3-10-22-41)42-23-11-4-12-24-42/h1-36H. The Morgan fingerprint density at radius 3 is 1.56 bits per heavy atom. The normalized spacial score (nSPS) is 12.6. The molecule has 0 amide bonds. The molecular formula is C57H36N4S. The molecule has 4 nitrogen and oxygen atoms in total. The van der Waals surface area contributed by atoms with Gasteiger partial charge in [-0.3, -0.25) is 4.98 Å². The number of pyridine rings is 1. The molecule has 0 saturated carbocycles. The molecule has 62 heavy (non-hydrogen) atoms. The van der Waals surface area contributed by atoms with Crippen LogP contribution >= 0.6 is 11.3 Å². The van der Waals surface area contributed by atoms with Gasteiger partial charge < -0.3 is 0 Å². The lowest BCUT2D eigenvalue weighted by molar-refractivity contribution is 0.769. The molecule has 0 N–H and O–H groups in total. The summed E-state index contributed by atoms with van der Waals surface area (Å²) in [6, 6.07) is 75.7. The van der Waals surface area contributed by atoms with E-state index in [9.17, 15) is 0 Å². The monoisotopic (exact) mass is 808 g/mol. The van der Waals surface area contributed by atoms with Crippen molar-refractivity contribution in [3.63, 3.8) is 0 Å². The number of benzene rings is 8. The molecular weight excluding hydrogens is 773 g/mol. The topological polar surface area (TPSA) is 51.6 Å². The lowest BCUT2D eigenvalue weighted by Crippen LogP contribution is -2.28. The zero-order chi connectivity index (χ0) is 41.0. The van der Waals surface area contributed by atoms with Crippen LogP contribution in [-0.2, 0) is 5.41 Å². The van der Waals surface area contributed by atoms with E-state index in [-0.39, 0.29) is 0 Å². The van der Waals surface area contributed by atoms with Crippen LogP contribution in [0.15, 0.2) is 219 Å². The molecule has 11 aromatic rings. The highest BCUT2D eigenvalue weighted by atomic mass is 32.1. The van der Waals surface area contributed by atoms with E-state index in [2.05, 4.69) is 176 Å². The molecule has 5 heteroatoms. The van der Waals surface area contributed by atoms with Crippen molar-refractivity contribution in [3.8, 4) is 67.5 Å². The minimum atomic E-state index is -0.539. The molecule has 3 heterocycles. The van der Waals surface area contributed by atoms with Crippen molar-refractivity contribution in [2.24, 2.45) is 0 Å². The average Bonchev–Trinajstić information content (AvgIpc) is 3.89. The van der Waals surface area contributed by atoms with Crippen molar-refractivity contribution in [3.05, 3.63) is 241 Å². The molecule has 0 unspecified atom stereocenters. The molecule has 0 radical (unpaired) electrons. The van der Waals surface area contributed by atoms with Crippen molar-refractivity contribution >= 4 is 31.6 Å². The summed E-state index contributed by atoms with van der Waals surface area (Å²) >= 11 is 1.78. The van der Waals surface area contributed by atoms with E-state index in [4.69, 9.17) is 19.9 Å². The average molecular weight is 809 g/mol. The van der Waals surface area contributed by atoms with Gasteiger partial charge in [-0.05, 0) is 74.3 Å². The number of fused-ring (bicyclic) bond motifs is 6. The van der Waals surface area contributed by atoms with Crippen LogP contribution in [0.2, 0.25) is 0 Å². The van der Waals surface area contributed by atoms with E-state index in [1.54, 1.807) is 11.3 Å². The van der Waals surface area contributed by atoms with Gasteiger partial charge in [-0.1, -0.05) is 188 Å². The highest BCUT2D eigenvalue weighted by Crippen LogP contribution is 2.57. The van der Waals surface area contributed by atoms with Gasteiger partial charge in [0.25, 0.3) is 0 Å². The first-order valence-corrected chi connectivity index (χ1v) is 21.7. The molecule has 0 atom stereocenters. The Morgan fingerprint density at radius 2 is 0.887 bits per heavy atom. The zero-order valence-corrected chi connectivity index (χ0v) is 34.3. The Morgan fingerprint density at radius 1 is 0.355 bits per heavy atom. The number of aromatic nitrogens is 4. The maximum atomic E-state index is 5.31. The van der Waals surface area contributed by atoms with Crippen LogP contribution in [0.25, 0.3) is 87.8 Å². The second-order valence-corrected chi connectivity index (χ2v) is 16.8. The largest absolute Gasteiger partial charge is 0.255 e. The maximum absolute atomic E-state index is 5.31. The van der Waals surface area contributed by atoms with Crippen LogP contribution in [-0.4, -0.2) is 19.9 Å². The first-order chi connectivity index (χ1) is 30.7. The van der Waals surface area contributed by atoms with E-state index in [0.29, 0.717) is 17.5 Å². The number of hydrogen-bond acceptors (Lipinski definition) is 5. The van der Waals surface area contributed by atoms with Crippen LogP contribution in [0.5, 0.6) is 0 Å². The summed E-state index contributed by atoms with van der Waals surface area (Å²) in [6.45, 7) is 0. The number of nitrogens with zero attached hydrogens (tertiary/aromatic N) is 4. The third kappa shape index (κ3) is 5.74. The summed E-state index contributed by atoms with van der Waals surface area (Å²) in [4.78, 5) is 20.6. The van der Waals surface area contributed by atoms with Gasteiger partial charge in [0.1, 0.15) is 0 Å². The summed E-state index contributed by atoms with van der Waals surface area (Å²) in [5.74, 6) is 1.86. The number of hydrogen-bond donors (Lipinski definition) is 0. The van der Waals surface area contributed by atoms with Gasteiger partial charge in [0.15, 0.2) is 17.5 Å². The van der Waals surface area contributed by atoms with E-state index in [0.717, 1.165) is 49.2 Å². The molecule has 0 aliphatic heterocycles. The molecule has 0 bridgehead atoms.